The highest BCUT2D eigenvalue weighted by Gasteiger charge is 2.29. The Hall–Kier alpha value is -1.81. The fourth-order valence-electron chi connectivity index (χ4n) is 2.95. The van der Waals surface area contributed by atoms with Crippen LogP contribution in [0.2, 0.25) is 0 Å². The summed E-state index contributed by atoms with van der Waals surface area (Å²) in [5.41, 5.74) is -0.0658. The largest absolute Gasteiger partial charge is 0.497 e. The van der Waals surface area contributed by atoms with Crippen LogP contribution in [0, 0.1) is 0 Å². The van der Waals surface area contributed by atoms with Crippen LogP contribution in [0.5, 0.6) is 5.75 Å². The number of nitrogens with one attached hydrogen (secondary N) is 1. The maximum absolute atomic E-state index is 5.77. The highest BCUT2D eigenvalue weighted by atomic mass is 16.5. The number of hydrogen-bond donors (Lipinski definition) is 1. The molecule has 0 bridgehead atoms. The van der Waals surface area contributed by atoms with Gasteiger partial charge in [-0.15, -0.1) is 0 Å². The van der Waals surface area contributed by atoms with Gasteiger partial charge in [-0.3, -0.25) is 0 Å². The number of hydrogen-bond acceptors (Lipinski definition) is 4. The van der Waals surface area contributed by atoms with Gasteiger partial charge in [-0.25, -0.2) is 4.98 Å². The zero-order valence-electron chi connectivity index (χ0n) is 12.8. The molecule has 1 aromatic heterocycles. The molecule has 3 rings (SSSR count). The minimum absolute atomic E-state index is 0.0658. The number of anilines is 1. The smallest absolute Gasteiger partial charge is 0.134 e. The number of aromatic nitrogens is 1. The number of benzene rings is 1. The van der Waals surface area contributed by atoms with Gasteiger partial charge in [0.2, 0.25) is 0 Å². The van der Waals surface area contributed by atoms with E-state index < -0.39 is 0 Å². The van der Waals surface area contributed by atoms with Gasteiger partial charge in [0.25, 0.3) is 0 Å². The highest BCUT2D eigenvalue weighted by Crippen LogP contribution is 2.29. The van der Waals surface area contributed by atoms with Gasteiger partial charge in [-0.1, -0.05) is 0 Å². The van der Waals surface area contributed by atoms with Crippen molar-refractivity contribution in [3.8, 4) is 5.75 Å². The Morgan fingerprint density at radius 2 is 2.19 bits per heavy atom. The van der Waals surface area contributed by atoms with Crippen molar-refractivity contribution in [1.29, 1.82) is 0 Å². The van der Waals surface area contributed by atoms with Crippen molar-refractivity contribution in [3.05, 3.63) is 30.5 Å². The monoisotopic (exact) mass is 286 g/mol. The zero-order valence-corrected chi connectivity index (χ0v) is 12.8. The van der Waals surface area contributed by atoms with Crippen LogP contribution in [0.4, 0.5) is 5.82 Å². The van der Waals surface area contributed by atoms with Gasteiger partial charge < -0.3 is 14.8 Å². The summed E-state index contributed by atoms with van der Waals surface area (Å²) in [6, 6.07) is 8.48. The second-order valence-electron chi connectivity index (χ2n) is 6.19. The molecule has 0 spiro atoms. The quantitative estimate of drug-likeness (QED) is 0.936. The van der Waals surface area contributed by atoms with Gasteiger partial charge >= 0.3 is 0 Å². The van der Waals surface area contributed by atoms with Crippen molar-refractivity contribution in [2.45, 2.75) is 38.3 Å². The third-order valence-corrected chi connectivity index (χ3v) is 4.01. The molecular formula is C17H22N2O2. The summed E-state index contributed by atoms with van der Waals surface area (Å²) >= 11 is 0. The minimum atomic E-state index is -0.0658. The van der Waals surface area contributed by atoms with E-state index in [1.54, 1.807) is 7.11 Å². The molecule has 21 heavy (non-hydrogen) atoms. The van der Waals surface area contributed by atoms with Crippen molar-refractivity contribution in [1.82, 2.24) is 4.98 Å². The lowest BCUT2D eigenvalue weighted by molar-refractivity contribution is -0.0553. The third-order valence-electron chi connectivity index (χ3n) is 4.01. The Morgan fingerprint density at radius 1 is 1.33 bits per heavy atom. The first-order valence-electron chi connectivity index (χ1n) is 7.41. The van der Waals surface area contributed by atoms with E-state index in [1.165, 1.54) is 0 Å². The Morgan fingerprint density at radius 3 is 2.95 bits per heavy atom. The van der Waals surface area contributed by atoms with E-state index in [-0.39, 0.29) is 5.60 Å². The lowest BCUT2D eigenvalue weighted by Gasteiger charge is -2.36. The number of pyridine rings is 1. The van der Waals surface area contributed by atoms with Gasteiger partial charge in [0.1, 0.15) is 11.6 Å². The highest BCUT2D eigenvalue weighted by molar-refractivity contribution is 5.92. The van der Waals surface area contributed by atoms with Gasteiger partial charge in [0.05, 0.1) is 12.7 Å². The van der Waals surface area contributed by atoms with E-state index in [0.717, 1.165) is 41.8 Å². The van der Waals surface area contributed by atoms with Gasteiger partial charge in [0.15, 0.2) is 0 Å². The average molecular weight is 286 g/mol. The maximum atomic E-state index is 5.77. The summed E-state index contributed by atoms with van der Waals surface area (Å²) < 4.78 is 11.1. The van der Waals surface area contributed by atoms with Crippen LogP contribution in [-0.2, 0) is 4.74 Å². The Labute approximate surface area is 125 Å². The number of methoxy groups -OCH3 is 1. The van der Waals surface area contributed by atoms with E-state index in [4.69, 9.17) is 9.47 Å². The van der Waals surface area contributed by atoms with Crippen LogP contribution in [0.25, 0.3) is 10.8 Å². The van der Waals surface area contributed by atoms with Crippen LogP contribution in [0.3, 0.4) is 0 Å². The first kappa shape index (κ1) is 14.1. The van der Waals surface area contributed by atoms with Crippen LogP contribution in [0.15, 0.2) is 30.5 Å². The predicted molar refractivity (Wildman–Crippen MR) is 85.0 cm³/mol. The molecule has 112 valence electrons. The molecule has 2 heterocycles. The van der Waals surface area contributed by atoms with E-state index in [0.29, 0.717) is 6.04 Å². The molecule has 0 amide bonds. The molecule has 0 saturated carbocycles. The molecule has 4 nitrogen and oxygen atoms in total. The van der Waals surface area contributed by atoms with Crippen LogP contribution >= 0.6 is 0 Å². The molecule has 1 fully saturated rings. The summed E-state index contributed by atoms with van der Waals surface area (Å²) in [5, 5.41) is 5.85. The summed E-state index contributed by atoms with van der Waals surface area (Å²) in [5.74, 6) is 1.81. The summed E-state index contributed by atoms with van der Waals surface area (Å²) in [7, 11) is 1.69. The lowest BCUT2D eigenvalue weighted by atomic mass is 9.94. The molecule has 0 radical (unpaired) electrons. The molecule has 4 heteroatoms. The second kappa shape index (κ2) is 5.53. The Balaban J connectivity index is 1.87. The number of nitrogens with zero attached hydrogens (tertiary/aromatic N) is 1. The van der Waals surface area contributed by atoms with E-state index in [2.05, 4.69) is 30.2 Å². The Bertz CT molecular complexity index is 640. The standard InChI is InChI=1S/C17H22N2O2/c1-17(2)11-13(7-9-21-17)19-16-15-5-4-14(20-3)10-12(15)6-8-18-16/h4-6,8,10,13H,7,9,11H2,1-3H3,(H,18,19). The third kappa shape index (κ3) is 3.10. The molecule has 1 N–H and O–H groups in total. The second-order valence-corrected chi connectivity index (χ2v) is 6.19. The van der Waals surface area contributed by atoms with Crippen LogP contribution in [-0.4, -0.2) is 30.3 Å². The summed E-state index contributed by atoms with van der Waals surface area (Å²) in [4.78, 5) is 4.51. The number of fused-ring (bicyclic) bond motifs is 1. The van der Waals surface area contributed by atoms with Crippen molar-refractivity contribution in [2.75, 3.05) is 19.0 Å². The maximum Gasteiger partial charge on any atom is 0.134 e. The van der Waals surface area contributed by atoms with Crippen molar-refractivity contribution in [3.63, 3.8) is 0 Å². The zero-order chi connectivity index (χ0) is 14.9. The van der Waals surface area contributed by atoms with Crippen molar-refractivity contribution < 1.29 is 9.47 Å². The molecule has 1 aliphatic rings. The fraction of sp³-hybridized carbons (Fsp3) is 0.471. The van der Waals surface area contributed by atoms with Gasteiger partial charge in [-0.2, -0.15) is 0 Å². The fourth-order valence-corrected chi connectivity index (χ4v) is 2.95. The van der Waals surface area contributed by atoms with Gasteiger partial charge in [0, 0.05) is 24.2 Å². The molecule has 1 saturated heterocycles. The first-order chi connectivity index (χ1) is 10.1. The molecule has 0 aliphatic carbocycles. The predicted octanol–water partition coefficient (Wildman–Crippen LogP) is 3.61. The lowest BCUT2D eigenvalue weighted by Crippen LogP contribution is -2.40. The molecule has 1 aliphatic heterocycles. The van der Waals surface area contributed by atoms with E-state index >= 15 is 0 Å². The molecular weight excluding hydrogens is 264 g/mol. The topological polar surface area (TPSA) is 43.4 Å². The average Bonchev–Trinajstić information content (AvgIpc) is 2.46. The summed E-state index contributed by atoms with van der Waals surface area (Å²) in [6.07, 6.45) is 3.84. The van der Waals surface area contributed by atoms with E-state index in [9.17, 15) is 0 Å². The molecule has 1 unspecified atom stereocenters. The van der Waals surface area contributed by atoms with E-state index in [1.807, 2.05) is 24.4 Å². The van der Waals surface area contributed by atoms with Crippen molar-refractivity contribution >= 4 is 16.6 Å². The van der Waals surface area contributed by atoms with Gasteiger partial charge in [-0.05, 0) is 56.3 Å². The first-order valence-corrected chi connectivity index (χ1v) is 7.41. The molecule has 1 aromatic carbocycles. The minimum Gasteiger partial charge on any atom is -0.497 e. The molecule has 1 atom stereocenters. The molecule has 2 aromatic rings. The SMILES string of the molecule is COc1ccc2c(NC3CCOC(C)(C)C3)nccc2c1. The van der Waals surface area contributed by atoms with Crippen LogP contribution in [0.1, 0.15) is 26.7 Å². The number of rotatable bonds is 3. The summed E-state index contributed by atoms with van der Waals surface area (Å²) in [6.45, 7) is 5.08. The Kier molecular flexibility index (Phi) is 3.72. The normalized spacial score (nSPS) is 21.2. The van der Waals surface area contributed by atoms with Crippen LogP contribution < -0.4 is 10.1 Å². The van der Waals surface area contributed by atoms with Crippen molar-refractivity contribution in [2.24, 2.45) is 0 Å². The number of ether oxygens (including phenoxy) is 2.